The number of aliphatic imine (C=N–C) groups is 2. The Labute approximate surface area is 394 Å². The van der Waals surface area contributed by atoms with Crippen LogP contribution < -0.4 is 18.9 Å². The number of carbonyl (C=O) groups is 2. The van der Waals surface area contributed by atoms with Gasteiger partial charge in [-0.2, -0.15) is 0 Å². The van der Waals surface area contributed by atoms with Crippen molar-refractivity contribution in [3.63, 3.8) is 0 Å². The Hall–Kier alpha value is -5.51. The van der Waals surface area contributed by atoms with E-state index in [0.717, 1.165) is 48.9 Å². The first-order chi connectivity index (χ1) is 31.7. The SMILES string of the molecule is CCCCCCCCCCOc1ccc(N=Cc2ccc(C(=O)Oc3cc(F)cc(OC(=O)c4ccc(C=Nc5ccc(OCCCCCCCCCC)c(Cl)c5)cc4)c3)cc2)cc1Cl. The molecule has 5 aromatic carbocycles. The van der Waals surface area contributed by atoms with Crippen molar-refractivity contribution in [3.8, 4) is 23.0 Å². The molecule has 0 fully saturated rings. The van der Waals surface area contributed by atoms with Crippen LogP contribution >= 0.6 is 23.2 Å². The van der Waals surface area contributed by atoms with E-state index in [9.17, 15) is 14.0 Å². The fourth-order valence-electron chi connectivity index (χ4n) is 6.91. The molecule has 0 aromatic heterocycles. The lowest BCUT2D eigenvalue weighted by molar-refractivity contribution is 0.0732. The summed E-state index contributed by atoms with van der Waals surface area (Å²) >= 11 is 12.9. The number of benzene rings is 5. The third-order valence-electron chi connectivity index (χ3n) is 10.6. The molecule has 0 spiro atoms. The van der Waals surface area contributed by atoms with Crippen LogP contribution in [0.2, 0.25) is 10.0 Å². The molecule has 5 rings (SSSR count). The van der Waals surface area contributed by atoms with Gasteiger partial charge in [-0.25, -0.2) is 14.0 Å². The second-order valence-electron chi connectivity index (χ2n) is 16.0. The Morgan fingerprint density at radius 1 is 0.492 bits per heavy atom. The maximum absolute atomic E-state index is 14.6. The number of hydrogen-bond donors (Lipinski definition) is 0. The number of carbonyl (C=O) groups excluding carboxylic acids is 2. The van der Waals surface area contributed by atoms with E-state index in [4.69, 9.17) is 42.1 Å². The zero-order valence-electron chi connectivity index (χ0n) is 37.7. The highest BCUT2D eigenvalue weighted by atomic mass is 35.5. The normalized spacial score (nSPS) is 11.3. The molecule has 0 heterocycles. The van der Waals surface area contributed by atoms with E-state index in [-0.39, 0.29) is 22.6 Å². The molecular formula is C54H61Cl2FN2O6. The molecule has 5 aromatic rings. The summed E-state index contributed by atoms with van der Waals surface area (Å²) in [6.45, 7) is 5.70. The van der Waals surface area contributed by atoms with Crippen molar-refractivity contribution in [1.29, 1.82) is 0 Å². The van der Waals surface area contributed by atoms with Crippen LogP contribution in [0.1, 0.15) is 148 Å². The lowest BCUT2D eigenvalue weighted by Crippen LogP contribution is -2.11. The summed E-state index contributed by atoms with van der Waals surface area (Å²) in [5.41, 5.74) is 3.23. The Bertz CT molecular complexity index is 2140. The average molecular weight is 924 g/mol. The van der Waals surface area contributed by atoms with Gasteiger partial charge in [0.25, 0.3) is 0 Å². The summed E-state index contributed by atoms with van der Waals surface area (Å²) < 4.78 is 37.3. The van der Waals surface area contributed by atoms with Gasteiger partial charge < -0.3 is 18.9 Å². The first-order valence-electron chi connectivity index (χ1n) is 23.1. The van der Waals surface area contributed by atoms with Gasteiger partial charge in [0.1, 0.15) is 28.8 Å². The molecule has 0 bridgehead atoms. The van der Waals surface area contributed by atoms with Crippen LogP contribution in [-0.4, -0.2) is 37.6 Å². The van der Waals surface area contributed by atoms with Gasteiger partial charge >= 0.3 is 11.9 Å². The molecule has 0 aliphatic heterocycles. The predicted octanol–water partition coefficient (Wildman–Crippen LogP) is 16.1. The summed E-state index contributed by atoms with van der Waals surface area (Å²) in [6, 6.07) is 27.3. The minimum atomic E-state index is -0.748. The van der Waals surface area contributed by atoms with Gasteiger partial charge in [0.2, 0.25) is 0 Å². The first kappa shape index (κ1) is 50.5. The molecule has 0 amide bonds. The standard InChI is InChI=1S/C54H61Cl2FN2O6/c1-3-5-7-9-11-13-15-17-31-62-51-29-27-45(35-49(51)55)58-38-40-19-23-42(24-20-40)53(60)64-47-33-44(57)34-48(37-47)65-54(61)43-25-21-41(22-26-43)39-59-46-28-30-52(50(56)36-46)63-32-18-16-14-12-10-8-6-4-2/h19-30,33-39H,3-18,31-32H2,1-2H3. The molecule has 0 N–H and O–H groups in total. The van der Waals surface area contributed by atoms with E-state index >= 15 is 0 Å². The highest BCUT2D eigenvalue weighted by Gasteiger charge is 2.15. The minimum absolute atomic E-state index is 0.125. The zero-order valence-corrected chi connectivity index (χ0v) is 39.2. The highest BCUT2D eigenvalue weighted by molar-refractivity contribution is 6.32. The first-order valence-corrected chi connectivity index (χ1v) is 23.8. The molecule has 0 saturated carbocycles. The van der Waals surface area contributed by atoms with Crippen molar-refractivity contribution < 1.29 is 32.9 Å². The molecule has 0 radical (unpaired) electrons. The Morgan fingerprint density at radius 2 is 0.862 bits per heavy atom. The monoisotopic (exact) mass is 922 g/mol. The van der Waals surface area contributed by atoms with Crippen molar-refractivity contribution in [3.05, 3.63) is 141 Å². The van der Waals surface area contributed by atoms with E-state index in [1.54, 1.807) is 73.1 Å². The van der Waals surface area contributed by atoms with Crippen molar-refractivity contribution in [2.75, 3.05) is 13.2 Å². The number of esters is 2. The summed E-state index contributed by atoms with van der Waals surface area (Å²) in [4.78, 5) is 35.0. The van der Waals surface area contributed by atoms with Crippen LogP contribution in [0.25, 0.3) is 0 Å². The second kappa shape index (κ2) is 28.4. The molecule has 65 heavy (non-hydrogen) atoms. The zero-order chi connectivity index (χ0) is 46.1. The van der Waals surface area contributed by atoms with Gasteiger partial charge in [-0.05, 0) is 84.6 Å². The molecule has 0 saturated heterocycles. The van der Waals surface area contributed by atoms with Crippen LogP contribution in [0, 0.1) is 5.82 Å². The van der Waals surface area contributed by atoms with Crippen LogP contribution in [-0.2, 0) is 0 Å². The van der Waals surface area contributed by atoms with E-state index < -0.39 is 17.8 Å². The summed E-state index contributed by atoms with van der Waals surface area (Å²) in [6.07, 6.45) is 23.0. The Morgan fingerprint density at radius 3 is 1.23 bits per heavy atom. The molecule has 0 atom stereocenters. The Balaban J connectivity index is 1.05. The number of halogens is 3. The number of hydrogen-bond acceptors (Lipinski definition) is 8. The molecule has 344 valence electrons. The molecule has 11 heteroatoms. The summed E-state index contributed by atoms with van der Waals surface area (Å²) in [7, 11) is 0. The predicted molar refractivity (Wildman–Crippen MR) is 263 cm³/mol. The largest absolute Gasteiger partial charge is 0.492 e. The highest BCUT2D eigenvalue weighted by Crippen LogP contribution is 2.31. The number of nitrogens with zero attached hydrogens (tertiary/aromatic N) is 2. The molecule has 0 aliphatic rings. The van der Waals surface area contributed by atoms with Gasteiger partial charge in [0.05, 0.1) is 45.8 Å². The van der Waals surface area contributed by atoms with E-state index in [1.807, 2.05) is 24.3 Å². The fourth-order valence-corrected chi connectivity index (χ4v) is 7.36. The van der Waals surface area contributed by atoms with E-state index in [0.29, 0.717) is 46.1 Å². The Kier molecular flexibility index (Phi) is 22.1. The summed E-state index contributed by atoms with van der Waals surface area (Å²) in [5, 5.41) is 0.977. The second-order valence-corrected chi connectivity index (χ2v) is 16.9. The number of ether oxygens (including phenoxy) is 4. The van der Waals surface area contributed by atoms with Gasteiger partial charge in [-0.3, -0.25) is 9.98 Å². The van der Waals surface area contributed by atoms with Crippen molar-refractivity contribution in [1.82, 2.24) is 0 Å². The van der Waals surface area contributed by atoms with E-state index in [2.05, 4.69) is 23.8 Å². The topological polar surface area (TPSA) is 95.8 Å². The van der Waals surface area contributed by atoms with Crippen LogP contribution in [0.4, 0.5) is 15.8 Å². The third kappa shape index (κ3) is 18.5. The molecular weight excluding hydrogens is 863 g/mol. The molecule has 0 aliphatic carbocycles. The van der Waals surface area contributed by atoms with Crippen molar-refractivity contribution in [2.24, 2.45) is 9.98 Å². The lowest BCUT2D eigenvalue weighted by Gasteiger charge is -2.09. The smallest absolute Gasteiger partial charge is 0.343 e. The maximum atomic E-state index is 14.6. The fraction of sp³-hybridized carbons (Fsp3) is 0.370. The maximum Gasteiger partial charge on any atom is 0.343 e. The van der Waals surface area contributed by atoms with Gasteiger partial charge in [-0.15, -0.1) is 0 Å². The molecule has 8 nitrogen and oxygen atoms in total. The average Bonchev–Trinajstić information content (AvgIpc) is 3.30. The van der Waals surface area contributed by atoms with E-state index in [1.165, 1.54) is 83.1 Å². The summed E-state index contributed by atoms with van der Waals surface area (Å²) in [5.74, 6) is -1.17. The third-order valence-corrected chi connectivity index (χ3v) is 11.2. The quantitative estimate of drug-likeness (QED) is 0.0215. The van der Waals surface area contributed by atoms with Gasteiger partial charge in [0, 0.05) is 30.6 Å². The molecule has 0 unspecified atom stereocenters. The number of rotatable bonds is 28. The number of unbranched alkanes of at least 4 members (excludes halogenated alkanes) is 14. The van der Waals surface area contributed by atoms with Crippen LogP contribution in [0.5, 0.6) is 23.0 Å². The van der Waals surface area contributed by atoms with Crippen LogP contribution in [0.15, 0.2) is 113 Å². The van der Waals surface area contributed by atoms with Gasteiger partial charge in [0.15, 0.2) is 0 Å². The van der Waals surface area contributed by atoms with Crippen molar-refractivity contribution >= 4 is 58.9 Å². The minimum Gasteiger partial charge on any atom is -0.492 e. The van der Waals surface area contributed by atoms with Crippen molar-refractivity contribution in [2.45, 2.75) is 117 Å². The van der Waals surface area contributed by atoms with Gasteiger partial charge in [-0.1, -0.05) is 151 Å². The van der Waals surface area contributed by atoms with Crippen LogP contribution in [0.3, 0.4) is 0 Å². The lowest BCUT2D eigenvalue weighted by atomic mass is 10.1.